The van der Waals surface area contributed by atoms with Gasteiger partial charge in [0.1, 0.15) is 0 Å². The van der Waals surface area contributed by atoms with Gasteiger partial charge in [0.15, 0.2) is 6.29 Å². The summed E-state index contributed by atoms with van der Waals surface area (Å²) < 4.78 is 11.3. The van der Waals surface area contributed by atoms with E-state index in [4.69, 9.17) is 9.47 Å². The summed E-state index contributed by atoms with van der Waals surface area (Å²) in [5.41, 5.74) is 1.26. The summed E-state index contributed by atoms with van der Waals surface area (Å²) in [6, 6.07) is 10.3. The van der Waals surface area contributed by atoms with Gasteiger partial charge in [-0.2, -0.15) is 0 Å². The zero-order chi connectivity index (χ0) is 9.97. The van der Waals surface area contributed by atoms with Crippen molar-refractivity contribution in [3.63, 3.8) is 0 Å². The third-order valence-electron chi connectivity index (χ3n) is 2.64. The Balaban J connectivity index is 1.94. The van der Waals surface area contributed by atoms with Crippen molar-refractivity contribution < 1.29 is 9.47 Å². The Hall–Kier alpha value is -0.860. The molecule has 0 radical (unpaired) electrons. The second-order valence-corrected chi connectivity index (χ2v) is 3.80. The van der Waals surface area contributed by atoms with Gasteiger partial charge in [-0.3, -0.25) is 0 Å². The first-order valence-corrected chi connectivity index (χ1v) is 5.10. The van der Waals surface area contributed by atoms with Crippen molar-refractivity contribution in [3.8, 4) is 0 Å². The molecule has 0 unspecified atom stereocenters. The maximum atomic E-state index is 5.66. The van der Waals surface area contributed by atoms with E-state index in [2.05, 4.69) is 26.0 Å². The lowest BCUT2D eigenvalue weighted by molar-refractivity contribution is -0.0607. The van der Waals surface area contributed by atoms with E-state index in [0.29, 0.717) is 0 Å². The Morgan fingerprint density at radius 1 is 1.00 bits per heavy atom. The summed E-state index contributed by atoms with van der Waals surface area (Å²) in [6.45, 7) is 4.10. The highest BCUT2D eigenvalue weighted by molar-refractivity contribution is 5.15. The van der Waals surface area contributed by atoms with E-state index in [-0.39, 0.29) is 18.5 Å². The molecular weight excluding hydrogens is 176 g/mol. The second kappa shape index (κ2) is 4.11. The van der Waals surface area contributed by atoms with Crippen LogP contribution in [0.25, 0.3) is 0 Å². The lowest BCUT2D eigenvalue weighted by Gasteiger charge is -2.09. The first-order chi connectivity index (χ1) is 6.75. The molecule has 0 spiro atoms. The van der Waals surface area contributed by atoms with E-state index in [1.54, 1.807) is 0 Å². The molecule has 1 fully saturated rings. The smallest absolute Gasteiger partial charge is 0.162 e. The Morgan fingerprint density at radius 3 is 2.14 bits per heavy atom. The number of rotatable bonds is 2. The van der Waals surface area contributed by atoms with Crippen molar-refractivity contribution in [2.75, 3.05) is 0 Å². The first kappa shape index (κ1) is 9.69. The molecule has 2 rings (SSSR count). The Bertz CT molecular complexity index is 274. The average Bonchev–Trinajstić information content (AvgIpc) is 2.47. The van der Waals surface area contributed by atoms with Crippen LogP contribution in [0.1, 0.15) is 19.4 Å². The van der Waals surface area contributed by atoms with Crippen LogP contribution in [0.3, 0.4) is 0 Å². The van der Waals surface area contributed by atoms with E-state index in [9.17, 15) is 0 Å². The minimum atomic E-state index is -0.0672. The van der Waals surface area contributed by atoms with Gasteiger partial charge >= 0.3 is 0 Å². The highest BCUT2D eigenvalue weighted by Crippen LogP contribution is 2.21. The predicted molar refractivity (Wildman–Crippen MR) is 55.0 cm³/mol. The van der Waals surface area contributed by atoms with Gasteiger partial charge in [-0.05, 0) is 19.4 Å². The lowest BCUT2D eigenvalue weighted by Crippen LogP contribution is -2.13. The monoisotopic (exact) mass is 192 g/mol. The SMILES string of the molecule is C[C@H]1OC(Cc2ccccc2)O[C@@H]1C. The largest absolute Gasteiger partial charge is 0.347 e. The van der Waals surface area contributed by atoms with Crippen LogP contribution in [0.15, 0.2) is 30.3 Å². The summed E-state index contributed by atoms with van der Waals surface area (Å²) in [6.07, 6.45) is 1.20. The summed E-state index contributed by atoms with van der Waals surface area (Å²) in [5, 5.41) is 0. The molecule has 1 saturated heterocycles. The van der Waals surface area contributed by atoms with Gasteiger partial charge in [0.25, 0.3) is 0 Å². The minimum Gasteiger partial charge on any atom is -0.347 e. The number of hydrogen-bond donors (Lipinski definition) is 0. The predicted octanol–water partition coefficient (Wildman–Crippen LogP) is 2.38. The Labute approximate surface area is 84.8 Å². The van der Waals surface area contributed by atoms with E-state index in [1.165, 1.54) is 5.56 Å². The summed E-state index contributed by atoms with van der Waals surface area (Å²) in [5.74, 6) is 0. The van der Waals surface area contributed by atoms with Crippen LogP contribution in [0.4, 0.5) is 0 Å². The van der Waals surface area contributed by atoms with E-state index >= 15 is 0 Å². The molecule has 0 aromatic heterocycles. The highest BCUT2D eigenvalue weighted by Gasteiger charge is 2.29. The van der Waals surface area contributed by atoms with Crippen molar-refractivity contribution in [3.05, 3.63) is 35.9 Å². The Morgan fingerprint density at radius 2 is 1.57 bits per heavy atom. The van der Waals surface area contributed by atoms with Gasteiger partial charge in [0.2, 0.25) is 0 Å². The van der Waals surface area contributed by atoms with Gasteiger partial charge in [-0.25, -0.2) is 0 Å². The van der Waals surface area contributed by atoms with E-state index in [1.807, 2.05) is 18.2 Å². The van der Waals surface area contributed by atoms with Gasteiger partial charge in [-0.15, -0.1) is 0 Å². The van der Waals surface area contributed by atoms with Crippen LogP contribution >= 0.6 is 0 Å². The molecule has 0 aliphatic carbocycles. The Kier molecular flexibility index (Phi) is 2.85. The average molecular weight is 192 g/mol. The van der Waals surface area contributed by atoms with Crippen molar-refractivity contribution in [1.82, 2.24) is 0 Å². The quantitative estimate of drug-likeness (QED) is 0.716. The van der Waals surface area contributed by atoms with Crippen molar-refractivity contribution in [2.45, 2.75) is 38.8 Å². The number of hydrogen-bond acceptors (Lipinski definition) is 2. The van der Waals surface area contributed by atoms with Gasteiger partial charge < -0.3 is 9.47 Å². The molecule has 1 aromatic rings. The minimum absolute atomic E-state index is 0.0672. The van der Waals surface area contributed by atoms with Crippen LogP contribution < -0.4 is 0 Å². The second-order valence-electron chi connectivity index (χ2n) is 3.80. The summed E-state index contributed by atoms with van der Waals surface area (Å²) in [4.78, 5) is 0. The highest BCUT2D eigenvalue weighted by atomic mass is 16.7. The topological polar surface area (TPSA) is 18.5 Å². The van der Waals surface area contributed by atoms with Crippen LogP contribution in [0, 0.1) is 0 Å². The fourth-order valence-corrected chi connectivity index (χ4v) is 1.63. The zero-order valence-electron chi connectivity index (χ0n) is 8.64. The molecule has 2 nitrogen and oxygen atoms in total. The molecule has 1 aliphatic rings. The van der Waals surface area contributed by atoms with Crippen LogP contribution in [-0.4, -0.2) is 18.5 Å². The van der Waals surface area contributed by atoms with Gasteiger partial charge in [0, 0.05) is 6.42 Å². The van der Waals surface area contributed by atoms with Crippen LogP contribution in [0.5, 0.6) is 0 Å². The molecule has 0 amide bonds. The van der Waals surface area contributed by atoms with E-state index in [0.717, 1.165) is 6.42 Å². The molecule has 0 saturated carbocycles. The fraction of sp³-hybridized carbons (Fsp3) is 0.500. The maximum absolute atomic E-state index is 5.66. The van der Waals surface area contributed by atoms with Crippen molar-refractivity contribution in [2.24, 2.45) is 0 Å². The molecule has 0 N–H and O–H groups in total. The molecular formula is C12H16O2. The van der Waals surface area contributed by atoms with Crippen molar-refractivity contribution in [1.29, 1.82) is 0 Å². The fourth-order valence-electron chi connectivity index (χ4n) is 1.63. The summed E-state index contributed by atoms with van der Waals surface area (Å²) in [7, 11) is 0. The van der Waals surface area contributed by atoms with E-state index < -0.39 is 0 Å². The third-order valence-corrected chi connectivity index (χ3v) is 2.64. The zero-order valence-corrected chi connectivity index (χ0v) is 8.64. The first-order valence-electron chi connectivity index (χ1n) is 5.10. The molecule has 1 aliphatic heterocycles. The third kappa shape index (κ3) is 2.14. The maximum Gasteiger partial charge on any atom is 0.162 e. The van der Waals surface area contributed by atoms with Gasteiger partial charge in [0.05, 0.1) is 12.2 Å². The number of ether oxygens (including phenoxy) is 2. The van der Waals surface area contributed by atoms with Gasteiger partial charge in [-0.1, -0.05) is 30.3 Å². The summed E-state index contributed by atoms with van der Waals surface area (Å²) >= 11 is 0. The molecule has 2 atom stereocenters. The lowest BCUT2D eigenvalue weighted by atomic mass is 10.1. The molecule has 2 heteroatoms. The number of benzene rings is 1. The van der Waals surface area contributed by atoms with Crippen LogP contribution in [0.2, 0.25) is 0 Å². The normalized spacial score (nSPS) is 28.1. The standard InChI is InChI=1S/C12H16O2/c1-9-10(2)14-12(13-9)8-11-6-4-3-5-7-11/h3-7,9-10,12H,8H2,1-2H3/t9-,10-/m1/s1. The molecule has 1 heterocycles. The van der Waals surface area contributed by atoms with Crippen LogP contribution in [-0.2, 0) is 15.9 Å². The molecule has 1 aromatic carbocycles. The molecule has 14 heavy (non-hydrogen) atoms. The molecule has 0 bridgehead atoms. The molecule has 76 valence electrons. The van der Waals surface area contributed by atoms with Crippen molar-refractivity contribution >= 4 is 0 Å².